The number of sulfonamides is 1. The average molecular weight is 464 g/mol. The molecular weight excluding hydrogens is 445 g/mol. The number of aryl methyl sites for hydroxylation is 1. The van der Waals surface area contributed by atoms with Crippen molar-refractivity contribution in [2.24, 2.45) is 0 Å². The summed E-state index contributed by atoms with van der Waals surface area (Å²) in [6.07, 6.45) is 0. The van der Waals surface area contributed by atoms with Crippen molar-refractivity contribution in [3.63, 3.8) is 0 Å². The van der Waals surface area contributed by atoms with E-state index < -0.39 is 21.8 Å². The lowest BCUT2D eigenvalue weighted by Crippen LogP contribution is -2.31. The maximum atomic E-state index is 13.3. The molecule has 0 radical (unpaired) electrons. The van der Waals surface area contributed by atoms with Gasteiger partial charge in [-0.3, -0.25) is 4.31 Å². The summed E-state index contributed by atoms with van der Waals surface area (Å²) in [4.78, 5) is 11.3. The number of carbonyl (C=O) groups is 1. The van der Waals surface area contributed by atoms with E-state index in [1.165, 1.54) is 34.6 Å². The lowest BCUT2D eigenvalue weighted by molar-refractivity contribution is 0.0696. The summed E-state index contributed by atoms with van der Waals surface area (Å²) in [5, 5.41) is 9.23. The largest absolute Gasteiger partial charge is 0.478 e. The molecule has 0 amide bonds. The summed E-state index contributed by atoms with van der Waals surface area (Å²) >= 11 is 5.75. The number of benzene rings is 3. The van der Waals surface area contributed by atoms with Crippen molar-refractivity contribution >= 4 is 33.3 Å². The van der Waals surface area contributed by atoms with Gasteiger partial charge in [-0.15, -0.1) is 0 Å². The van der Waals surface area contributed by atoms with E-state index in [2.05, 4.69) is 0 Å². The topological polar surface area (TPSA) is 83.9 Å². The number of hydrogen-bond acceptors (Lipinski definition) is 4. The van der Waals surface area contributed by atoms with Crippen molar-refractivity contribution in [2.45, 2.75) is 18.7 Å². The second-order valence-electron chi connectivity index (χ2n) is 6.62. The van der Waals surface area contributed by atoms with Gasteiger partial charge in [0.2, 0.25) is 0 Å². The molecule has 0 aliphatic heterocycles. The molecule has 1 N–H and O–H groups in total. The molecule has 9 heteroatoms. The van der Waals surface area contributed by atoms with Crippen molar-refractivity contribution in [3.8, 4) is 11.5 Å². The standard InChI is InChI=1S/C22H19ClFNO5S/c1-3-25(31(28,29)18-10-4-14(2)19(13-18)22(26)27)15-5-7-16(8-6-15)30-17-9-11-21(24)20(23)12-17/h4-13H,3H2,1-2H3,(H,26,27). The van der Waals surface area contributed by atoms with Crippen LogP contribution in [0.4, 0.5) is 10.1 Å². The summed E-state index contributed by atoms with van der Waals surface area (Å²) in [6, 6.07) is 14.2. The number of hydrogen-bond donors (Lipinski definition) is 1. The maximum Gasteiger partial charge on any atom is 0.335 e. The fourth-order valence-corrected chi connectivity index (χ4v) is 4.64. The van der Waals surface area contributed by atoms with Gasteiger partial charge in [-0.1, -0.05) is 17.7 Å². The molecule has 0 unspecified atom stereocenters. The van der Waals surface area contributed by atoms with Crippen molar-refractivity contribution < 1.29 is 27.4 Å². The smallest absolute Gasteiger partial charge is 0.335 e. The highest BCUT2D eigenvalue weighted by molar-refractivity contribution is 7.92. The van der Waals surface area contributed by atoms with Crippen LogP contribution in [-0.2, 0) is 10.0 Å². The van der Waals surface area contributed by atoms with Gasteiger partial charge in [0, 0.05) is 12.6 Å². The second kappa shape index (κ2) is 8.95. The fourth-order valence-electron chi connectivity index (χ4n) is 2.97. The molecule has 0 aromatic heterocycles. The van der Waals surface area contributed by atoms with Gasteiger partial charge in [-0.05, 0) is 67.9 Å². The number of carboxylic acids is 1. The SMILES string of the molecule is CCN(c1ccc(Oc2ccc(F)c(Cl)c2)cc1)S(=O)(=O)c1ccc(C)c(C(=O)O)c1. The van der Waals surface area contributed by atoms with Gasteiger partial charge in [0.1, 0.15) is 17.3 Å². The molecule has 31 heavy (non-hydrogen) atoms. The van der Waals surface area contributed by atoms with E-state index in [-0.39, 0.29) is 22.0 Å². The number of carboxylic acid groups (broad SMARTS) is 1. The van der Waals surface area contributed by atoms with E-state index in [9.17, 15) is 22.7 Å². The first-order valence-corrected chi connectivity index (χ1v) is 11.0. The Labute approximate surface area is 184 Å². The van der Waals surface area contributed by atoms with Crippen LogP contribution in [0.15, 0.2) is 65.6 Å². The molecule has 0 atom stereocenters. The normalized spacial score (nSPS) is 11.2. The van der Waals surface area contributed by atoms with Gasteiger partial charge in [0.25, 0.3) is 10.0 Å². The summed E-state index contributed by atoms with van der Waals surface area (Å²) in [5.41, 5.74) is 0.778. The van der Waals surface area contributed by atoms with Gasteiger partial charge in [-0.25, -0.2) is 17.6 Å². The molecule has 6 nitrogen and oxygen atoms in total. The molecule has 0 saturated carbocycles. The molecule has 0 saturated heterocycles. The van der Waals surface area contributed by atoms with Crippen molar-refractivity contribution in [3.05, 3.63) is 82.6 Å². The van der Waals surface area contributed by atoms with Crippen LogP contribution in [0.25, 0.3) is 0 Å². The van der Waals surface area contributed by atoms with E-state index in [0.717, 1.165) is 6.07 Å². The molecule has 3 aromatic rings. The molecule has 0 fully saturated rings. The minimum atomic E-state index is -3.99. The molecular formula is C22H19ClFNO5S. The second-order valence-corrected chi connectivity index (χ2v) is 8.89. The summed E-state index contributed by atoms with van der Waals surface area (Å²) in [6.45, 7) is 3.41. The zero-order valence-corrected chi connectivity index (χ0v) is 18.2. The van der Waals surface area contributed by atoms with Gasteiger partial charge in [0.15, 0.2) is 0 Å². The summed E-state index contributed by atoms with van der Waals surface area (Å²) in [5.74, 6) is -1.02. The van der Waals surface area contributed by atoms with Crippen LogP contribution in [0.3, 0.4) is 0 Å². The molecule has 3 aromatic carbocycles. The van der Waals surface area contributed by atoms with Gasteiger partial charge < -0.3 is 9.84 Å². The highest BCUT2D eigenvalue weighted by Crippen LogP contribution is 2.30. The Kier molecular flexibility index (Phi) is 6.52. The van der Waals surface area contributed by atoms with Crippen LogP contribution in [0.1, 0.15) is 22.8 Å². The number of ether oxygens (including phenoxy) is 1. The monoisotopic (exact) mass is 463 g/mol. The zero-order chi connectivity index (χ0) is 22.8. The van der Waals surface area contributed by atoms with Crippen LogP contribution < -0.4 is 9.04 Å². The number of rotatable bonds is 7. The van der Waals surface area contributed by atoms with E-state index in [1.807, 2.05) is 0 Å². The number of halogens is 2. The van der Waals surface area contributed by atoms with Crippen LogP contribution in [0, 0.1) is 12.7 Å². The van der Waals surface area contributed by atoms with Gasteiger partial charge in [-0.2, -0.15) is 0 Å². The highest BCUT2D eigenvalue weighted by atomic mass is 35.5. The van der Waals surface area contributed by atoms with Crippen molar-refractivity contribution in [1.29, 1.82) is 0 Å². The maximum absolute atomic E-state index is 13.3. The Hall–Kier alpha value is -3.10. The predicted octanol–water partition coefficient (Wildman–Crippen LogP) is 5.49. The highest BCUT2D eigenvalue weighted by Gasteiger charge is 2.25. The predicted molar refractivity (Wildman–Crippen MR) is 116 cm³/mol. The Morgan fingerprint density at radius 2 is 1.71 bits per heavy atom. The fraction of sp³-hybridized carbons (Fsp3) is 0.136. The van der Waals surface area contributed by atoms with Crippen LogP contribution in [-0.4, -0.2) is 26.0 Å². The van der Waals surface area contributed by atoms with E-state index >= 15 is 0 Å². The molecule has 0 heterocycles. The van der Waals surface area contributed by atoms with Crippen molar-refractivity contribution in [2.75, 3.05) is 10.8 Å². The molecule has 0 aliphatic carbocycles. The Morgan fingerprint density at radius 3 is 2.29 bits per heavy atom. The van der Waals surface area contributed by atoms with E-state index in [1.54, 1.807) is 38.1 Å². The lowest BCUT2D eigenvalue weighted by atomic mass is 10.1. The average Bonchev–Trinajstić information content (AvgIpc) is 2.72. The van der Waals surface area contributed by atoms with Crippen LogP contribution in [0.5, 0.6) is 11.5 Å². The van der Waals surface area contributed by atoms with E-state index in [0.29, 0.717) is 22.7 Å². The minimum absolute atomic E-state index is 0.0705. The quantitative estimate of drug-likeness (QED) is 0.500. The minimum Gasteiger partial charge on any atom is -0.478 e. The molecule has 0 bridgehead atoms. The summed E-state index contributed by atoms with van der Waals surface area (Å²) in [7, 11) is -3.99. The van der Waals surface area contributed by atoms with E-state index in [4.69, 9.17) is 16.3 Å². The third-order valence-corrected chi connectivity index (χ3v) is 6.75. The number of nitrogens with zero attached hydrogens (tertiary/aromatic N) is 1. The van der Waals surface area contributed by atoms with Crippen molar-refractivity contribution in [1.82, 2.24) is 0 Å². The van der Waals surface area contributed by atoms with Crippen LogP contribution in [0.2, 0.25) is 5.02 Å². The number of aromatic carboxylic acids is 1. The molecule has 0 aliphatic rings. The first-order valence-electron chi connectivity index (χ1n) is 9.23. The van der Waals surface area contributed by atoms with Crippen LogP contribution >= 0.6 is 11.6 Å². The number of anilines is 1. The molecule has 0 spiro atoms. The Morgan fingerprint density at radius 1 is 1.06 bits per heavy atom. The Bertz CT molecular complexity index is 1230. The first-order chi connectivity index (χ1) is 14.6. The molecule has 162 valence electrons. The zero-order valence-electron chi connectivity index (χ0n) is 16.7. The van der Waals surface area contributed by atoms with Gasteiger partial charge in [0.05, 0.1) is 21.2 Å². The first kappa shape index (κ1) is 22.6. The Balaban J connectivity index is 1.89. The molecule has 3 rings (SSSR count). The lowest BCUT2D eigenvalue weighted by Gasteiger charge is -2.23. The third kappa shape index (κ3) is 4.81. The van der Waals surface area contributed by atoms with Gasteiger partial charge >= 0.3 is 5.97 Å². The summed E-state index contributed by atoms with van der Waals surface area (Å²) < 4.78 is 46.4. The third-order valence-electron chi connectivity index (χ3n) is 4.57.